The average molecular weight is 158 g/mol. The Labute approximate surface area is 64.8 Å². The van der Waals surface area contributed by atoms with Gasteiger partial charge in [-0.3, -0.25) is 0 Å². The summed E-state index contributed by atoms with van der Waals surface area (Å²) in [4.78, 5) is 0. The lowest BCUT2D eigenvalue weighted by Gasteiger charge is -2.01. The first kappa shape index (κ1) is 6.13. The molecule has 0 fully saturated rings. The van der Waals surface area contributed by atoms with Crippen LogP contribution in [0.25, 0.3) is 0 Å². The zero-order valence-corrected chi connectivity index (χ0v) is 7.46. The molecule has 0 atom stereocenters. The topological polar surface area (TPSA) is 0 Å². The van der Waals surface area contributed by atoms with E-state index in [9.17, 15) is 0 Å². The number of fused-ring (bicyclic) bond motifs is 1. The molecule has 0 aromatic heterocycles. The van der Waals surface area contributed by atoms with Crippen LogP contribution < -0.4 is 5.19 Å². The molecule has 1 aromatic rings. The van der Waals surface area contributed by atoms with Gasteiger partial charge in [-0.25, -0.2) is 0 Å². The van der Waals surface area contributed by atoms with Crippen LogP contribution in [-0.2, 0) is 0 Å². The van der Waals surface area contributed by atoms with Crippen LogP contribution in [0.4, 0.5) is 0 Å². The van der Waals surface area contributed by atoms with Crippen LogP contribution in [0.3, 0.4) is 0 Å². The van der Waals surface area contributed by atoms with Crippen LogP contribution in [0, 0.1) is 0 Å². The molecule has 0 saturated heterocycles. The van der Waals surface area contributed by atoms with Crippen molar-refractivity contribution in [2.75, 3.05) is 0 Å². The van der Waals surface area contributed by atoms with E-state index in [4.69, 9.17) is 0 Å². The molecule has 0 unspecified atom stereocenters. The fourth-order valence-corrected chi connectivity index (χ4v) is 3.38. The van der Waals surface area contributed by atoms with E-state index in [1.54, 1.807) is 0 Å². The van der Waals surface area contributed by atoms with E-state index in [0.29, 0.717) is 0 Å². The molecule has 0 saturated carbocycles. The van der Waals surface area contributed by atoms with E-state index in [0.717, 1.165) is 18.3 Å². The second kappa shape index (κ2) is 2.56. The van der Waals surface area contributed by atoms with E-state index < -0.39 is 0 Å². The predicted molar refractivity (Wildman–Crippen MR) is 48.8 cm³/mol. The van der Waals surface area contributed by atoms with Gasteiger partial charge in [0.25, 0.3) is 0 Å². The zero-order valence-electron chi connectivity index (χ0n) is 5.46. The molecule has 46 valence electrons. The van der Waals surface area contributed by atoms with Gasteiger partial charge in [-0.05, 0) is 10.8 Å². The van der Waals surface area contributed by atoms with Gasteiger partial charge >= 0.3 is 0 Å². The molecule has 2 heteroatoms. The monoisotopic (exact) mass is 158 g/mol. The van der Waals surface area contributed by atoms with Crippen molar-refractivity contribution in [3.63, 3.8) is 0 Å². The van der Waals surface area contributed by atoms with Gasteiger partial charge in [0.15, 0.2) is 0 Å². The summed E-state index contributed by atoms with van der Waals surface area (Å²) in [7, 11) is 1.86. The predicted octanol–water partition coefficient (Wildman–Crippen LogP) is -0.356. The van der Waals surface area contributed by atoms with Crippen LogP contribution in [-0.4, -0.2) is 29.2 Å². The highest BCUT2D eigenvalue weighted by atomic mass is 28.2. The Balaban J connectivity index is 2.65. The van der Waals surface area contributed by atoms with E-state index in [2.05, 4.69) is 35.2 Å². The standard InChI is InChI=1S/C8H6Si2/c1-2-4-8-7(3-1)5-9-6-10-8/h1-6H. The van der Waals surface area contributed by atoms with Crippen molar-refractivity contribution in [1.82, 2.24) is 0 Å². The van der Waals surface area contributed by atoms with Gasteiger partial charge < -0.3 is 0 Å². The van der Waals surface area contributed by atoms with Gasteiger partial charge in [0.2, 0.25) is 0 Å². The maximum absolute atomic E-state index is 2.36. The fourth-order valence-electron chi connectivity index (χ4n) is 1.01. The maximum Gasteiger partial charge on any atom is 0.0557 e. The Hall–Kier alpha value is -0.606. The van der Waals surface area contributed by atoms with E-state index in [1.165, 1.54) is 10.8 Å². The minimum atomic E-state index is 0.929. The lowest BCUT2D eigenvalue weighted by atomic mass is 10.2. The average Bonchev–Trinajstić information content (AvgIpc) is 2.05. The summed E-state index contributed by atoms with van der Waals surface area (Å²) < 4.78 is 0. The van der Waals surface area contributed by atoms with Crippen molar-refractivity contribution >= 4 is 34.4 Å². The van der Waals surface area contributed by atoms with Gasteiger partial charge in [-0.2, -0.15) is 0 Å². The van der Waals surface area contributed by atoms with Crippen molar-refractivity contribution < 1.29 is 0 Å². The maximum atomic E-state index is 2.36. The molecule has 2 rings (SSSR count). The van der Waals surface area contributed by atoms with Gasteiger partial charge in [0, 0.05) is 9.13 Å². The molecule has 1 aromatic carbocycles. The number of hydrogen-bond donors (Lipinski definition) is 0. The molecule has 1 aliphatic heterocycles. The second-order valence-electron chi connectivity index (χ2n) is 2.19. The number of benzene rings is 1. The normalized spacial score (nSPS) is 13.2. The highest BCUT2D eigenvalue weighted by Crippen LogP contribution is 1.90. The first-order valence-corrected chi connectivity index (χ1v) is 5.46. The number of hydrogen-bond acceptors (Lipinski definition) is 0. The molecule has 2 radical (unpaired) electrons. The molecule has 0 N–H and O–H groups in total. The van der Waals surface area contributed by atoms with E-state index >= 15 is 0 Å². The van der Waals surface area contributed by atoms with Gasteiger partial charge in [-0.15, -0.1) is 0 Å². The minimum absolute atomic E-state index is 0.929. The molecule has 0 spiro atoms. The van der Waals surface area contributed by atoms with Crippen LogP contribution in [0.1, 0.15) is 5.56 Å². The minimum Gasteiger partial charge on any atom is -0.0915 e. The summed E-state index contributed by atoms with van der Waals surface area (Å²) in [5.74, 6) is 0. The summed E-state index contributed by atoms with van der Waals surface area (Å²) in [5, 5.41) is 3.86. The molecular formula is C8H6Si2. The Morgan fingerprint density at radius 3 is 2.90 bits per heavy atom. The van der Waals surface area contributed by atoms with Gasteiger partial charge in [-0.1, -0.05) is 35.2 Å². The van der Waals surface area contributed by atoms with Crippen molar-refractivity contribution in [2.45, 2.75) is 0 Å². The highest BCUT2D eigenvalue weighted by Gasteiger charge is 1.95. The molecule has 1 aliphatic rings. The lowest BCUT2D eigenvalue weighted by molar-refractivity contribution is 1.75. The first-order chi connectivity index (χ1) is 4.97. The summed E-state index contributed by atoms with van der Waals surface area (Å²) in [5.41, 5.74) is 3.76. The highest BCUT2D eigenvalue weighted by molar-refractivity contribution is 6.93. The third kappa shape index (κ3) is 0.999. The first-order valence-electron chi connectivity index (χ1n) is 3.23. The molecule has 1 heterocycles. The van der Waals surface area contributed by atoms with Crippen molar-refractivity contribution in [1.29, 1.82) is 0 Å². The third-order valence-electron chi connectivity index (χ3n) is 1.51. The molecule has 0 aliphatic carbocycles. The largest absolute Gasteiger partial charge is 0.0915 e. The van der Waals surface area contributed by atoms with Gasteiger partial charge in [0.1, 0.15) is 0 Å². The van der Waals surface area contributed by atoms with Crippen molar-refractivity contribution in [2.24, 2.45) is 0 Å². The number of rotatable bonds is 0. The quantitative estimate of drug-likeness (QED) is 0.453. The molecule has 0 bridgehead atoms. The Morgan fingerprint density at radius 1 is 1.10 bits per heavy atom. The Morgan fingerprint density at radius 2 is 2.00 bits per heavy atom. The third-order valence-corrected chi connectivity index (χ3v) is 4.00. The second-order valence-corrected chi connectivity index (χ2v) is 4.79. The van der Waals surface area contributed by atoms with Crippen molar-refractivity contribution in [3.8, 4) is 0 Å². The van der Waals surface area contributed by atoms with Crippen LogP contribution in [0.15, 0.2) is 24.3 Å². The fraction of sp³-hybridized carbons (Fsp3) is 0. The van der Waals surface area contributed by atoms with Crippen LogP contribution in [0.5, 0.6) is 0 Å². The summed E-state index contributed by atoms with van der Waals surface area (Å²) >= 11 is 0. The Kier molecular flexibility index (Phi) is 1.57. The summed E-state index contributed by atoms with van der Waals surface area (Å²) in [6, 6.07) is 8.63. The molecular weight excluding hydrogens is 152 g/mol. The molecule has 0 amide bonds. The SMILES string of the molecule is C1=[Si]C=[Si]c2ccccc21. The smallest absolute Gasteiger partial charge is 0.0557 e. The zero-order chi connectivity index (χ0) is 6.81. The molecule has 0 nitrogen and oxygen atoms in total. The van der Waals surface area contributed by atoms with Crippen molar-refractivity contribution in [3.05, 3.63) is 29.8 Å². The molecule has 10 heavy (non-hydrogen) atoms. The van der Waals surface area contributed by atoms with Gasteiger partial charge in [0.05, 0.1) is 9.13 Å². The Bertz CT molecular complexity index is 269. The lowest BCUT2D eigenvalue weighted by Crippen LogP contribution is -2.20. The van der Waals surface area contributed by atoms with E-state index in [-0.39, 0.29) is 0 Å². The van der Waals surface area contributed by atoms with Crippen LogP contribution in [0.2, 0.25) is 0 Å². The summed E-state index contributed by atoms with van der Waals surface area (Å²) in [6.45, 7) is 0. The van der Waals surface area contributed by atoms with Crippen LogP contribution >= 0.6 is 0 Å². The summed E-state index contributed by atoms with van der Waals surface area (Å²) in [6.07, 6.45) is 0. The van der Waals surface area contributed by atoms with E-state index in [1.807, 2.05) is 0 Å².